The molecular weight excluding hydrogens is 292 g/mol. The van der Waals surface area contributed by atoms with E-state index in [1.54, 1.807) is 23.0 Å². The van der Waals surface area contributed by atoms with Crippen molar-refractivity contribution in [2.24, 2.45) is 7.05 Å². The number of carbonyl (C=O) groups is 1. The van der Waals surface area contributed by atoms with Crippen molar-refractivity contribution in [2.75, 3.05) is 24.7 Å². The largest absolute Gasteiger partial charge is 0.465 e. The first-order chi connectivity index (χ1) is 10.0. The molecule has 7 heteroatoms. The molecule has 0 unspecified atom stereocenters. The van der Waals surface area contributed by atoms with Crippen molar-refractivity contribution in [1.82, 2.24) is 9.78 Å². The zero-order valence-electron chi connectivity index (χ0n) is 11.9. The van der Waals surface area contributed by atoms with Gasteiger partial charge in [-0.1, -0.05) is 11.6 Å². The second-order valence-electron chi connectivity index (χ2n) is 4.62. The van der Waals surface area contributed by atoms with Gasteiger partial charge in [0.15, 0.2) is 0 Å². The number of nitrogens with one attached hydrogen (secondary N) is 1. The number of nitrogen functional groups attached to an aromatic ring is 1. The van der Waals surface area contributed by atoms with Gasteiger partial charge in [0.25, 0.3) is 0 Å². The Morgan fingerprint density at radius 1 is 1.52 bits per heavy atom. The molecule has 0 radical (unpaired) electrons. The van der Waals surface area contributed by atoms with Crippen LogP contribution in [0.2, 0.25) is 5.02 Å². The summed E-state index contributed by atoms with van der Waals surface area (Å²) in [5, 5.41) is 7.65. The Kier molecular flexibility index (Phi) is 4.70. The lowest BCUT2D eigenvalue weighted by Gasteiger charge is -2.13. The molecule has 1 heterocycles. The van der Waals surface area contributed by atoms with Crippen LogP contribution in [0.1, 0.15) is 15.9 Å². The van der Waals surface area contributed by atoms with E-state index < -0.39 is 5.97 Å². The monoisotopic (exact) mass is 308 g/mol. The first-order valence-corrected chi connectivity index (χ1v) is 6.77. The van der Waals surface area contributed by atoms with Crippen LogP contribution >= 0.6 is 11.6 Å². The number of anilines is 2. The fourth-order valence-corrected chi connectivity index (χ4v) is 2.31. The molecule has 0 aliphatic heterocycles. The highest BCUT2D eigenvalue weighted by Gasteiger charge is 2.16. The number of benzene rings is 1. The lowest BCUT2D eigenvalue weighted by atomic mass is 10.1. The van der Waals surface area contributed by atoms with E-state index in [4.69, 9.17) is 22.1 Å². The van der Waals surface area contributed by atoms with Crippen molar-refractivity contribution in [1.29, 1.82) is 0 Å². The van der Waals surface area contributed by atoms with Gasteiger partial charge in [0.1, 0.15) is 0 Å². The Labute approximate surface area is 127 Å². The number of esters is 1. The van der Waals surface area contributed by atoms with Crippen molar-refractivity contribution in [3.63, 3.8) is 0 Å². The second kappa shape index (κ2) is 6.49. The number of aromatic nitrogens is 2. The van der Waals surface area contributed by atoms with Crippen LogP contribution in [0.3, 0.4) is 0 Å². The molecule has 112 valence electrons. The van der Waals surface area contributed by atoms with Crippen molar-refractivity contribution >= 4 is 28.9 Å². The van der Waals surface area contributed by atoms with Gasteiger partial charge in [0.05, 0.1) is 29.6 Å². The van der Waals surface area contributed by atoms with Gasteiger partial charge >= 0.3 is 5.97 Å². The Bertz CT molecular complexity index is 654. The van der Waals surface area contributed by atoms with Crippen LogP contribution < -0.4 is 11.1 Å². The minimum atomic E-state index is -0.479. The highest BCUT2D eigenvalue weighted by molar-refractivity contribution is 6.34. The van der Waals surface area contributed by atoms with E-state index in [0.717, 1.165) is 12.0 Å². The van der Waals surface area contributed by atoms with Gasteiger partial charge in [0.2, 0.25) is 0 Å². The molecule has 0 atom stereocenters. The summed E-state index contributed by atoms with van der Waals surface area (Å²) in [5.41, 5.74) is 8.08. The third kappa shape index (κ3) is 3.66. The summed E-state index contributed by atoms with van der Waals surface area (Å²) in [6.07, 6.45) is 4.50. The van der Waals surface area contributed by atoms with Crippen LogP contribution in [-0.2, 0) is 18.2 Å². The second-order valence-corrected chi connectivity index (χ2v) is 5.02. The number of halogens is 1. The van der Waals surface area contributed by atoms with E-state index in [1.165, 1.54) is 7.11 Å². The van der Waals surface area contributed by atoms with Crippen molar-refractivity contribution in [3.05, 3.63) is 40.7 Å². The molecule has 21 heavy (non-hydrogen) atoms. The van der Waals surface area contributed by atoms with Crippen molar-refractivity contribution < 1.29 is 9.53 Å². The molecule has 0 saturated heterocycles. The predicted octanol–water partition coefficient (Wildman–Crippen LogP) is 2.10. The summed E-state index contributed by atoms with van der Waals surface area (Å²) in [7, 11) is 3.18. The quantitative estimate of drug-likeness (QED) is 0.653. The number of rotatable bonds is 5. The number of nitrogens with zero attached hydrogens (tertiary/aromatic N) is 2. The van der Waals surface area contributed by atoms with Gasteiger partial charge in [-0.2, -0.15) is 5.10 Å². The molecular formula is C14H17ClN4O2. The van der Waals surface area contributed by atoms with Gasteiger partial charge in [-0.05, 0) is 24.1 Å². The molecule has 3 N–H and O–H groups in total. The molecule has 0 amide bonds. The van der Waals surface area contributed by atoms with E-state index in [2.05, 4.69) is 10.4 Å². The number of hydrogen-bond donors (Lipinski definition) is 2. The normalized spacial score (nSPS) is 10.4. The third-order valence-electron chi connectivity index (χ3n) is 2.99. The first kappa shape index (κ1) is 15.2. The van der Waals surface area contributed by atoms with Crippen molar-refractivity contribution in [3.8, 4) is 0 Å². The van der Waals surface area contributed by atoms with Crippen molar-refractivity contribution in [2.45, 2.75) is 6.42 Å². The number of hydrogen-bond acceptors (Lipinski definition) is 5. The smallest absolute Gasteiger partial charge is 0.340 e. The van der Waals surface area contributed by atoms with Gasteiger partial charge < -0.3 is 15.8 Å². The first-order valence-electron chi connectivity index (χ1n) is 6.40. The lowest BCUT2D eigenvalue weighted by molar-refractivity contribution is 0.0602. The topological polar surface area (TPSA) is 82.2 Å². The van der Waals surface area contributed by atoms with Crippen LogP contribution in [0.15, 0.2) is 24.5 Å². The van der Waals surface area contributed by atoms with Crippen LogP contribution in [0.4, 0.5) is 11.4 Å². The maximum Gasteiger partial charge on any atom is 0.340 e. The Hall–Kier alpha value is -2.21. The SMILES string of the molecule is COC(=O)c1cc(N)cc(Cl)c1NCCc1cnn(C)c1. The van der Waals surface area contributed by atoms with E-state index in [1.807, 2.05) is 13.2 Å². The standard InChI is InChI=1S/C14H17ClN4O2/c1-19-8-9(7-18-19)3-4-17-13-11(14(20)21-2)5-10(16)6-12(13)15/h5-8,17H,3-4,16H2,1-2H3. The molecule has 0 aliphatic carbocycles. The number of methoxy groups -OCH3 is 1. The highest BCUT2D eigenvalue weighted by Crippen LogP contribution is 2.29. The Morgan fingerprint density at radius 3 is 2.90 bits per heavy atom. The highest BCUT2D eigenvalue weighted by atomic mass is 35.5. The molecule has 1 aromatic carbocycles. The van der Waals surface area contributed by atoms with Gasteiger partial charge in [-0.15, -0.1) is 0 Å². The van der Waals surface area contributed by atoms with Crippen LogP contribution in [-0.4, -0.2) is 29.4 Å². The van der Waals surface area contributed by atoms with Crippen LogP contribution in [0.25, 0.3) is 0 Å². The summed E-state index contributed by atoms with van der Waals surface area (Å²) in [5.74, 6) is -0.479. The van der Waals surface area contributed by atoms with Gasteiger partial charge in [-0.3, -0.25) is 4.68 Å². The van der Waals surface area contributed by atoms with E-state index in [-0.39, 0.29) is 0 Å². The summed E-state index contributed by atoms with van der Waals surface area (Å²) < 4.78 is 6.49. The Balaban J connectivity index is 2.13. The molecule has 0 aliphatic rings. The summed E-state index contributed by atoms with van der Waals surface area (Å²) in [6.45, 7) is 0.610. The minimum Gasteiger partial charge on any atom is -0.465 e. The molecule has 6 nitrogen and oxygen atoms in total. The van der Waals surface area contributed by atoms with Crippen LogP contribution in [0, 0.1) is 0 Å². The molecule has 2 aromatic rings. The number of ether oxygens (including phenoxy) is 1. The number of carbonyl (C=O) groups excluding carboxylic acids is 1. The summed E-state index contributed by atoms with van der Waals surface area (Å²) in [4.78, 5) is 11.8. The van der Waals surface area contributed by atoms with Gasteiger partial charge in [-0.25, -0.2) is 4.79 Å². The fraction of sp³-hybridized carbons (Fsp3) is 0.286. The van der Waals surface area contributed by atoms with Gasteiger partial charge in [0, 0.05) is 25.5 Å². The fourth-order valence-electron chi connectivity index (χ4n) is 2.01. The summed E-state index contributed by atoms with van der Waals surface area (Å²) >= 11 is 6.15. The van der Waals surface area contributed by atoms with E-state index >= 15 is 0 Å². The maximum absolute atomic E-state index is 11.8. The van der Waals surface area contributed by atoms with Crippen LogP contribution in [0.5, 0.6) is 0 Å². The number of nitrogens with two attached hydrogens (primary N) is 1. The Morgan fingerprint density at radius 2 is 2.29 bits per heavy atom. The summed E-state index contributed by atoms with van der Waals surface area (Å²) in [6, 6.07) is 3.14. The zero-order valence-corrected chi connectivity index (χ0v) is 12.6. The molecule has 2 rings (SSSR count). The molecule has 0 saturated carbocycles. The average Bonchev–Trinajstić information content (AvgIpc) is 2.85. The van der Waals surface area contributed by atoms with E-state index in [0.29, 0.717) is 28.5 Å². The molecule has 1 aromatic heterocycles. The van der Waals surface area contributed by atoms with E-state index in [9.17, 15) is 4.79 Å². The predicted molar refractivity (Wildman–Crippen MR) is 82.6 cm³/mol. The molecule has 0 spiro atoms. The molecule has 0 fully saturated rings. The maximum atomic E-state index is 11.8. The third-order valence-corrected chi connectivity index (χ3v) is 3.29. The average molecular weight is 309 g/mol. The minimum absolute atomic E-state index is 0.327. The lowest BCUT2D eigenvalue weighted by Crippen LogP contribution is -2.12. The molecule has 0 bridgehead atoms. The number of aryl methyl sites for hydroxylation is 1. The zero-order chi connectivity index (χ0) is 15.4.